The van der Waals surface area contributed by atoms with Gasteiger partial charge in [-0.1, -0.05) is 6.07 Å². The number of anilines is 1. The first-order chi connectivity index (χ1) is 17.2. The molecule has 1 aliphatic carbocycles. The van der Waals surface area contributed by atoms with E-state index in [2.05, 4.69) is 10.3 Å². The van der Waals surface area contributed by atoms with E-state index in [-0.39, 0.29) is 18.4 Å². The van der Waals surface area contributed by atoms with Gasteiger partial charge >= 0.3 is 0 Å². The molecule has 192 valence electrons. The van der Waals surface area contributed by atoms with Gasteiger partial charge < -0.3 is 14.8 Å². The number of pyridine rings is 1. The van der Waals surface area contributed by atoms with Crippen molar-refractivity contribution in [1.82, 2.24) is 20.1 Å². The summed E-state index contributed by atoms with van der Waals surface area (Å²) >= 11 is 0. The molecule has 0 atom stereocenters. The lowest BCUT2D eigenvalue weighted by Gasteiger charge is -2.41. The maximum absolute atomic E-state index is 13.0. The molecule has 10 nitrogen and oxygen atoms in total. The third-order valence-corrected chi connectivity index (χ3v) is 8.17. The van der Waals surface area contributed by atoms with Crippen molar-refractivity contribution in [2.45, 2.75) is 37.7 Å². The fraction of sp³-hybridized carbons (Fsp3) is 0.480. The highest BCUT2D eigenvalue weighted by atomic mass is 32.2. The summed E-state index contributed by atoms with van der Waals surface area (Å²) in [5.41, 5.74) is 2.92. The van der Waals surface area contributed by atoms with Crippen molar-refractivity contribution in [2.24, 2.45) is 0 Å². The number of nitrogens with one attached hydrogen (secondary N) is 1. The van der Waals surface area contributed by atoms with Gasteiger partial charge in [0.2, 0.25) is 10.0 Å². The molecular formula is C25H31N5O5S. The predicted molar refractivity (Wildman–Crippen MR) is 136 cm³/mol. The Labute approximate surface area is 210 Å². The van der Waals surface area contributed by atoms with Crippen LogP contribution in [0.4, 0.5) is 5.69 Å². The van der Waals surface area contributed by atoms with Crippen LogP contribution >= 0.6 is 0 Å². The molecule has 1 saturated carbocycles. The summed E-state index contributed by atoms with van der Waals surface area (Å²) in [5.74, 6) is 0.453. The number of carbonyl (C=O) groups is 1. The van der Waals surface area contributed by atoms with Crippen molar-refractivity contribution < 1.29 is 22.7 Å². The number of methoxy groups -OCH3 is 1. The minimum atomic E-state index is -3.60. The van der Waals surface area contributed by atoms with Crippen LogP contribution in [0.3, 0.4) is 0 Å². The van der Waals surface area contributed by atoms with Crippen LogP contribution in [0.25, 0.3) is 16.7 Å². The molecule has 1 saturated heterocycles. The normalized spacial score (nSPS) is 17.1. The Morgan fingerprint density at radius 1 is 1.31 bits per heavy atom. The highest BCUT2D eigenvalue weighted by Gasteiger charge is 2.40. The summed E-state index contributed by atoms with van der Waals surface area (Å²) in [4.78, 5) is 17.4. The van der Waals surface area contributed by atoms with Crippen LogP contribution in [0.1, 0.15) is 46.8 Å². The third-order valence-electron chi connectivity index (χ3n) is 6.99. The zero-order chi connectivity index (χ0) is 25.7. The minimum absolute atomic E-state index is 0.232. The molecule has 2 aliphatic rings. The highest BCUT2D eigenvalue weighted by molar-refractivity contribution is 7.92. The van der Waals surface area contributed by atoms with Crippen molar-refractivity contribution in [2.75, 3.05) is 44.5 Å². The number of hydrogen-bond acceptors (Lipinski definition) is 7. The zero-order valence-electron chi connectivity index (χ0n) is 20.9. The molecule has 1 aliphatic heterocycles. The maximum atomic E-state index is 13.0. The number of nitrogens with zero attached hydrogens (tertiary/aromatic N) is 4. The number of carbonyl (C=O) groups excluding carboxylic acids is 1. The van der Waals surface area contributed by atoms with E-state index in [0.717, 1.165) is 24.0 Å². The van der Waals surface area contributed by atoms with Gasteiger partial charge in [0, 0.05) is 32.3 Å². The smallest absolute Gasteiger partial charge is 0.270 e. The molecule has 36 heavy (non-hydrogen) atoms. The minimum Gasteiger partial charge on any atom is -0.375 e. The van der Waals surface area contributed by atoms with Crippen molar-refractivity contribution in [3.8, 4) is 5.82 Å². The Morgan fingerprint density at radius 2 is 2.06 bits per heavy atom. The molecule has 0 radical (unpaired) electrons. The van der Waals surface area contributed by atoms with Crippen LogP contribution < -0.4 is 9.62 Å². The first-order valence-electron chi connectivity index (χ1n) is 12.0. The van der Waals surface area contributed by atoms with Gasteiger partial charge in [0.05, 0.1) is 30.7 Å². The van der Waals surface area contributed by atoms with E-state index in [1.54, 1.807) is 26.4 Å². The second-order valence-corrected chi connectivity index (χ2v) is 11.6. The molecule has 0 unspecified atom stereocenters. The van der Waals surface area contributed by atoms with Gasteiger partial charge in [0.25, 0.3) is 5.91 Å². The number of aryl methyl sites for hydroxylation is 1. The van der Waals surface area contributed by atoms with E-state index in [4.69, 9.17) is 14.6 Å². The van der Waals surface area contributed by atoms with Gasteiger partial charge in [-0.25, -0.2) is 18.1 Å². The molecule has 0 bridgehead atoms. The number of benzene rings is 1. The summed E-state index contributed by atoms with van der Waals surface area (Å²) in [7, 11) is -0.399. The Hall–Kier alpha value is -3.02. The van der Waals surface area contributed by atoms with Gasteiger partial charge in [-0.2, -0.15) is 5.10 Å². The SMILES string of the molecule is CNC(=O)c1c2cc(C3CC3)c(N(CCC3(OC)COC3)S(C)(=O)=O)cc2nn1-c1ccc(C)cn1. The number of aromatic nitrogens is 3. The first kappa shape index (κ1) is 24.7. The summed E-state index contributed by atoms with van der Waals surface area (Å²) in [6.45, 7) is 3.08. The molecule has 3 heterocycles. The molecular weight excluding hydrogens is 482 g/mol. The Morgan fingerprint density at radius 3 is 2.58 bits per heavy atom. The summed E-state index contributed by atoms with van der Waals surface area (Å²) in [6, 6.07) is 7.44. The van der Waals surface area contributed by atoms with Gasteiger partial charge in [0.15, 0.2) is 5.82 Å². The van der Waals surface area contributed by atoms with Crippen molar-refractivity contribution in [3.05, 3.63) is 47.3 Å². The van der Waals surface area contributed by atoms with Crippen LogP contribution in [0.2, 0.25) is 0 Å². The quantitative estimate of drug-likeness (QED) is 0.467. The van der Waals surface area contributed by atoms with Crippen LogP contribution in [-0.4, -0.2) is 74.9 Å². The summed E-state index contributed by atoms with van der Waals surface area (Å²) in [5, 5.41) is 8.07. The molecule has 1 N–H and O–H groups in total. The van der Waals surface area contributed by atoms with Crippen LogP contribution in [0.5, 0.6) is 0 Å². The van der Waals surface area contributed by atoms with Crippen LogP contribution in [-0.2, 0) is 19.5 Å². The van der Waals surface area contributed by atoms with E-state index in [9.17, 15) is 13.2 Å². The Bertz CT molecular complexity index is 1400. The zero-order valence-corrected chi connectivity index (χ0v) is 21.8. The fourth-order valence-corrected chi connectivity index (χ4v) is 5.57. The van der Waals surface area contributed by atoms with Gasteiger partial charge in [0.1, 0.15) is 11.3 Å². The average Bonchev–Trinajstić information content (AvgIpc) is 3.60. The van der Waals surface area contributed by atoms with Crippen LogP contribution in [0.15, 0.2) is 30.5 Å². The largest absolute Gasteiger partial charge is 0.375 e. The molecule has 5 rings (SSSR count). The standard InChI is InChI=1S/C25H31N5O5S/c1-16-5-8-22(27-13-16)30-23(24(31)26-2)19-11-18(17-6-7-17)21(12-20(19)28-30)29(36(4,32)33)10-9-25(34-3)14-35-15-25/h5,8,11-13,17H,6-7,9-10,14-15H2,1-4H3,(H,26,31). The molecule has 1 amide bonds. The monoisotopic (exact) mass is 513 g/mol. The van der Waals surface area contributed by atoms with Crippen LogP contribution in [0, 0.1) is 6.92 Å². The lowest BCUT2D eigenvalue weighted by atomic mass is 9.97. The molecule has 1 aromatic carbocycles. The first-order valence-corrected chi connectivity index (χ1v) is 13.8. The molecule has 11 heteroatoms. The number of sulfonamides is 1. The molecule has 2 fully saturated rings. The number of hydrogen-bond donors (Lipinski definition) is 1. The second kappa shape index (κ2) is 9.13. The van der Waals surface area contributed by atoms with Crippen molar-refractivity contribution >= 4 is 32.5 Å². The van der Waals surface area contributed by atoms with E-state index in [1.807, 2.05) is 25.1 Å². The Kier molecular flexibility index (Phi) is 6.26. The molecule has 3 aromatic rings. The molecule has 2 aromatic heterocycles. The topological polar surface area (TPSA) is 116 Å². The highest BCUT2D eigenvalue weighted by Crippen LogP contribution is 2.47. The van der Waals surface area contributed by atoms with Crippen molar-refractivity contribution in [1.29, 1.82) is 0 Å². The van der Waals surface area contributed by atoms with E-state index < -0.39 is 15.6 Å². The lowest BCUT2D eigenvalue weighted by molar-refractivity contribution is -0.197. The van der Waals surface area contributed by atoms with Crippen molar-refractivity contribution in [3.63, 3.8) is 0 Å². The molecule has 0 spiro atoms. The fourth-order valence-electron chi connectivity index (χ4n) is 4.63. The van der Waals surface area contributed by atoms with Gasteiger partial charge in [-0.05, 0) is 61.4 Å². The maximum Gasteiger partial charge on any atom is 0.270 e. The summed E-state index contributed by atoms with van der Waals surface area (Å²) in [6.07, 6.45) is 5.38. The number of amides is 1. The van der Waals surface area contributed by atoms with Gasteiger partial charge in [-0.3, -0.25) is 9.10 Å². The number of ether oxygens (including phenoxy) is 2. The van der Waals surface area contributed by atoms with E-state index >= 15 is 0 Å². The predicted octanol–water partition coefficient (Wildman–Crippen LogP) is 2.54. The lowest BCUT2D eigenvalue weighted by Crippen LogP contribution is -2.53. The number of fused-ring (bicyclic) bond motifs is 1. The Balaban J connectivity index is 1.66. The van der Waals surface area contributed by atoms with Gasteiger partial charge in [-0.15, -0.1) is 0 Å². The average molecular weight is 514 g/mol. The summed E-state index contributed by atoms with van der Waals surface area (Å²) < 4.78 is 40.0. The number of rotatable bonds is 9. The van der Waals surface area contributed by atoms with E-state index in [0.29, 0.717) is 47.7 Å². The third kappa shape index (κ3) is 4.46. The second-order valence-electron chi connectivity index (χ2n) is 9.70. The van der Waals surface area contributed by atoms with E-state index in [1.165, 1.54) is 15.2 Å².